The molecule has 96 valence electrons. The molecular weight excluding hydrogens is 247 g/mol. The summed E-state index contributed by atoms with van der Waals surface area (Å²) in [5, 5.41) is 8.99. The van der Waals surface area contributed by atoms with E-state index in [4.69, 9.17) is 10.8 Å². The number of rotatable bonds is 5. The molecule has 0 spiro atoms. The normalized spacial score (nSPS) is 13.6. The van der Waals surface area contributed by atoms with E-state index in [2.05, 4.69) is 4.72 Å². The summed E-state index contributed by atoms with van der Waals surface area (Å²) in [5.41, 5.74) is 5.14. The molecule has 0 amide bonds. The molecule has 0 aromatic heterocycles. The molecule has 1 rings (SSSR count). The molecule has 0 aliphatic carbocycles. The topological polar surface area (TPSA) is 92.4 Å². The lowest BCUT2D eigenvalue weighted by atomic mass is 10.3. The van der Waals surface area contributed by atoms with Crippen molar-refractivity contribution in [1.82, 2.24) is 4.72 Å². The molecule has 1 atom stereocenters. The number of nitrogens with one attached hydrogen (secondary N) is 1. The lowest BCUT2D eigenvalue weighted by molar-refractivity contribution is 0.186. The molecule has 1 aromatic carbocycles. The second-order valence-corrected chi connectivity index (χ2v) is 5.49. The van der Waals surface area contributed by atoms with Gasteiger partial charge in [0.2, 0.25) is 10.0 Å². The Balaban J connectivity index is 2.79. The minimum atomic E-state index is -3.75. The summed E-state index contributed by atoms with van der Waals surface area (Å²) in [4.78, 5) is -0.185. The van der Waals surface area contributed by atoms with Crippen molar-refractivity contribution in [2.75, 3.05) is 12.3 Å². The van der Waals surface area contributed by atoms with Crippen molar-refractivity contribution in [2.45, 2.75) is 24.3 Å². The van der Waals surface area contributed by atoms with Crippen molar-refractivity contribution in [3.05, 3.63) is 24.0 Å². The molecule has 0 radical (unpaired) electrons. The van der Waals surface area contributed by atoms with Crippen molar-refractivity contribution in [1.29, 1.82) is 0 Å². The SMILES string of the molecule is CC(O)CCNS(=O)(=O)c1ccc(N)c(F)c1. The summed E-state index contributed by atoms with van der Waals surface area (Å²) in [6.07, 6.45) is -0.308. The Labute approximate surface area is 99.5 Å². The van der Waals surface area contributed by atoms with Gasteiger partial charge in [0, 0.05) is 6.54 Å². The highest BCUT2D eigenvalue weighted by Gasteiger charge is 2.15. The highest BCUT2D eigenvalue weighted by atomic mass is 32.2. The molecule has 0 saturated carbocycles. The van der Waals surface area contributed by atoms with Gasteiger partial charge in [0.25, 0.3) is 0 Å². The Morgan fingerprint density at radius 2 is 2.18 bits per heavy atom. The van der Waals surface area contributed by atoms with Crippen LogP contribution in [0.3, 0.4) is 0 Å². The lowest BCUT2D eigenvalue weighted by Crippen LogP contribution is -2.26. The zero-order valence-electron chi connectivity index (χ0n) is 9.35. The van der Waals surface area contributed by atoms with E-state index >= 15 is 0 Å². The van der Waals surface area contributed by atoms with Crippen molar-refractivity contribution >= 4 is 15.7 Å². The molecule has 0 saturated heterocycles. The number of hydrogen-bond donors (Lipinski definition) is 3. The average molecular weight is 262 g/mol. The van der Waals surface area contributed by atoms with Gasteiger partial charge in [-0.3, -0.25) is 0 Å². The van der Waals surface area contributed by atoms with E-state index in [1.807, 2.05) is 0 Å². The van der Waals surface area contributed by atoms with Gasteiger partial charge in [0.05, 0.1) is 16.7 Å². The third-order valence-electron chi connectivity index (χ3n) is 2.14. The predicted molar refractivity (Wildman–Crippen MR) is 62.3 cm³/mol. The van der Waals surface area contributed by atoms with Gasteiger partial charge in [0.15, 0.2) is 0 Å². The Morgan fingerprint density at radius 1 is 1.53 bits per heavy atom. The second kappa shape index (κ2) is 5.44. The molecule has 0 heterocycles. The zero-order chi connectivity index (χ0) is 13.1. The van der Waals surface area contributed by atoms with Crippen LogP contribution in [-0.4, -0.2) is 26.2 Å². The Hall–Kier alpha value is -1.18. The van der Waals surface area contributed by atoms with Crippen LogP contribution in [0.2, 0.25) is 0 Å². The van der Waals surface area contributed by atoms with Crippen LogP contribution in [0.5, 0.6) is 0 Å². The fourth-order valence-electron chi connectivity index (χ4n) is 1.16. The van der Waals surface area contributed by atoms with Crippen LogP contribution in [0.15, 0.2) is 23.1 Å². The van der Waals surface area contributed by atoms with Gasteiger partial charge in [-0.25, -0.2) is 17.5 Å². The lowest BCUT2D eigenvalue weighted by Gasteiger charge is -2.08. The molecule has 5 nitrogen and oxygen atoms in total. The number of nitrogens with two attached hydrogens (primary N) is 1. The summed E-state index contributed by atoms with van der Waals surface area (Å²) in [5.74, 6) is -0.775. The van der Waals surface area contributed by atoms with Gasteiger partial charge in [0.1, 0.15) is 5.82 Å². The fourth-order valence-corrected chi connectivity index (χ4v) is 2.22. The quantitative estimate of drug-likeness (QED) is 0.672. The monoisotopic (exact) mass is 262 g/mol. The number of anilines is 1. The van der Waals surface area contributed by atoms with Crippen molar-refractivity contribution in [3.8, 4) is 0 Å². The molecular formula is C10H15FN2O3S. The molecule has 0 bridgehead atoms. The molecule has 1 aromatic rings. The molecule has 0 aliphatic rings. The van der Waals surface area contributed by atoms with Crippen LogP contribution >= 0.6 is 0 Å². The summed E-state index contributed by atoms with van der Waals surface area (Å²) in [7, 11) is -3.75. The van der Waals surface area contributed by atoms with Gasteiger partial charge in [-0.15, -0.1) is 0 Å². The number of aliphatic hydroxyl groups excluding tert-OH is 1. The fraction of sp³-hybridized carbons (Fsp3) is 0.400. The maximum Gasteiger partial charge on any atom is 0.240 e. The van der Waals surface area contributed by atoms with Crippen LogP contribution in [0.25, 0.3) is 0 Å². The van der Waals surface area contributed by atoms with Crippen molar-refractivity contribution in [2.24, 2.45) is 0 Å². The maximum atomic E-state index is 13.1. The molecule has 7 heteroatoms. The van der Waals surface area contributed by atoms with Crippen molar-refractivity contribution < 1.29 is 17.9 Å². The number of sulfonamides is 1. The Morgan fingerprint density at radius 3 is 2.71 bits per heavy atom. The predicted octanol–water partition coefficient (Wildman–Crippen LogP) is 0.457. The summed E-state index contributed by atoms with van der Waals surface area (Å²) >= 11 is 0. The minimum absolute atomic E-state index is 0.0893. The maximum absolute atomic E-state index is 13.1. The first-order valence-corrected chi connectivity index (χ1v) is 6.54. The summed E-state index contributed by atoms with van der Waals surface area (Å²) < 4.78 is 38.7. The van der Waals surface area contributed by atoms with Gasteiger partial charge < -0.3 is 10.8 Å². The van der Waals surface area contributed by atoms with Gasteiger partial charge in [-0.05, 0) is 31.5 Å². The Bertz CT molecular complexity index is 488. The van der Waals surface area contributed by atoms with E-state index < -0.39 is 21.9 Å². The van der Waals surface area contributed by atoms with Crippen LogP contribution < -0.4 is 10.5 Å². The average Bonchev–Trinajstić information content (AvgIpc) is 2.21. The first-order valence-electron chi connectivity index (χ1n) is 5.05. The molecule has 17 heavy (non-hydrogen) atoms. The minimum Gasteiger partial charge on any atom is -0.396 e. The largest absolute Gasteiger partial charge is 0.396 e. The van der Waals surface area contributed by atoms with Crippen LogP contribution in [0.4, 0.5) is 10.1 Å². The van der Waals surface area contributed by atoms with Gasteiger partial charge in [-0.1, -0.05) is 0 Å². The number of nitrogen functional groups attached to an aromatic ring is 1. The first kappa shape index (κ1) is 13.9. The van der Waals surface area contributed by atoms with Crippen LogP contribution in [0.1, 0.15) is 13.3 Å². The molecule has 0 fully saturated rings. The number of aliphatic hydroxyl groups is 1. The van der Waals surface area contributed by atoms with Crippen molar-refractivity contribution in [3.63, 3.8) is 0 Å². The number of hydrogen-bond acceptors (Lipinski definition) is 4. The standard InChI is InChI=1S/C10H15FN2O3S/c1-7(14)4-5-13-17(15,16)8-2-3-10(12)9(11)6-8/h2-3,6-7,13-14H,4-5,12H2,1H3. The van der Waals surface area contributed by atoms with E-state index in [1.165, 1.54) is 12.1 Å². The summed E-state index contributed by atoms with van der Waals surface area (Å²) in [6.45, 7) is 1.64. The number of benzene rings is 1. The van der Waals surface area contributed by atoms with E-state index in [0.717, 1.165) is 6.07 Å². The van der Waals surface area contributed by atoms with Crippen LogP contribution in [-0.2, 0) is 10.0 Å². The molecule has 1 unspecified atom stereocenters. The highest BCUT2D eigenvalue weighted by Crippen LogP contribution is 2.15. The molecule has 0 aliphatic heterocycles. The van der Waals surface area contributed by atoms with E-state index in [9.17, 15) is 12.8 Å². The van der Waals surface area contributed by atoms with E-state index in [0.29, 0.717) is 0 Å². The molecule has 4 N–H and O–H groups in total. The third kappa shape index (κ3) is 3.95. The summed E-state index contributed by atoms with van der Waals surface area (Å²) in [6, 6.07) is 3.28. The van der Waals surface area contributed by atoms with Gasteiger partial charge in [-0.2, -0.15) is 0 Å². The van der Waals surface area contributed by atoms with Crippen LogP contribution in [0, 0.1) is 5.82 Å². The van der Waals surface area contributed by atoms with E-state index in [-0.39, 0.29) is 23.5 Å². The van der Waals surface area contributed by atoms with Gasteiger partial charge >= 0.3 is 0 Å². The first-order chi connectivity index (χ1) is 7.83. The zero-order valence-corrected chi connectivity index (χ0v) is 10.2. The third-order valence-corrected chi connectivity index (χ3v) is 3.60. The smallest absolute Gasteiger partial charge is 0.240 e. The Kier molecular flexibility index (Phi) is 4.44. The second-order valence-electron chi connectivity index (χ2n) is 3.72. The number of halogens is 1. The highest BCUT2D eigenvalue weighted by molar-refractivity contribution is 7.89. The van der Waals surface area contributed by atoms with E-state index in [1.54, 1.807) is 6.92 Å².